The number of hydrogen-bond acceptors (Lipinski definition) is 6. The number of piperazine rings is 1. The first-order valence-corrected chi connectivity index (χ1v) is 9.54. The van der Waals surface area contributed by atoms with Gasteiger partial charge >= 0.3 is 12.1 Å². The van der Waals surface area contributed by atoms with Gasteiger partial charge in [0.15, 0.2) is 0 Å². The Kier molecular flexibility index (Phi) is 7.02. The maximum absolute atomic E-state index is 12.3. The van der Waals surface area contributed by atoms with E-state index >= 15 is 0 Å². The lowest BCUT2D eigenvalue weighted by molar-refractivity contribution is 0.0526. The molecule has 0 spiro atoms. The third-order valence-electron chi connectivity index (χ3n) is 4.57. The number of rotatable bonds is 7. The van der Waals surface area contributed by atoms with Crippen molar-refractivity contribution in [3.05, 3.63) is 53.9 Å². The lowest BCUT2D eigenvalue weighted by atomic mass is 10.1. The highest BCUT2D eigenvalue weighted by Gasteiger charge is 2.24. The smallest absolute Gasteiger partial charge is 0.410 e. The predicted octanol–water partition coefficient (Wildman–Crippen LogP) is 2.06. The van der Waals surface area contributed by atoms with Gasteiger partial charge in [-0.1, -0.05) is 30.3 Å². The Balaban J connectivity index is 1.44. The highest BCUT2D eigenvalue weighted by Crippen LogP contribution is 2.09. The summed E-state index contributed by atoms with van der Waals surface area (Å²) < 4.78 is 12.1. The van der Waals surface area contributed by atoms with Gasteiger partial charge in [0.25, 0.3) is 0 Å². The Morgan fingerprint density at radius 3 is 2.86 bits per heavy atom. The summed E-state index contributed by atoms with van der Waals surface area (Å²) in [6.45, 7) is 4.96. The van der Waals surface area contributed by atoms with Gasteiger partial charge in [0.05, 0.1) is 18.4 Å². The molecule has 0 bridgehead atoms. The van der Waals surface area contributed by atoms with E-state index in [1.165, 1.54) is 6.20 Å². The molecule has 1 N–H and O–H groups in total. The normalized spacial score (nSPS) is 16.6. The molecule has 1 saturated heterocycles. The monoisotopic (exact) mass is 386 g/mol. The van der Waals surface area contributed by atoms with Crippen molar-refractivity contribution in [3.63, 3.8) is 0 Å². The van der Waals surface area contributed by atoms with Crippen LogP contribution in [0.2, 0.25) is 0 Å². The van der Waals surface area contributed by atoms with E-state index in [0.29, 0.717) is 31.8 Å². The topological polar surface area (TPSA) is 85.7 Å². The second-order valence-corrected chi connectivity index (χ2v) is 6.64. The van der Waals surface area contributed by atoms with Gasteiger partial charge in [-0.2, -0.15) is 5.10 Å². The third kappa shape index (κ3) is 5.56. The van der Waals surface area contributed by atoms with Crippen molar-refractivity contribution in [2.24, 2.45) is 0 Å². The van der Waals surface area contributed by atoms with Crippen LogP contribution in [0.5, 0.6) is 0 Å². The molecule has 0 aliphatic carbocycles. The van der Waals surface area contributed by atoms with Gasteiger partial charge < -0.3 is 19.7 Å². The first-order valence-electron chi connectivity index (χ1n) is 9.54. The number of nitrogens with zero attached hydrogens (tertiary/aromatic N) is 3. The van der Waals surface area contributed by atoms with E-state index in [-0.39, 0.29) is 24.7 Å². The highest BCUT2D eigenvalue weighted by molar-refractivity contribution is 5.88. The van der Waals surface area contributed by atoms with Gasteiger partial charge in [-0.25, -0.2) is 9.59 Å². The molecule has 0 radical (unpaired) electrons. The average Bonchev–Trinajstić information content (AvgIpc) is 3.21. The highest BCUT2D eigenvalue weighted by atomic mass is 16.6. The van der Waals surface area contributed by atoms with Gasteiger partial charge in [0, 0.05) is 38.4 Å². The number of hydrogen-bond donors (Lipinski definition) is 1. The van der Waals surface area contributed by atoms with Crippen LogP contribution in [-0.2, 0) is 22.6 Å². The van der Waals surface area contributed by atoms with E-state index < -0.39 is 0 Å². The number of esters is 1. The second-order valence-electron chi connectivity index (χ2n) is 6.64. The van der Waals surface area contributed by atoms with Crippen molar-refractivity contribution in [2.75, 3.05) is 26.2 Å². The molecule has 150 valence electrons. The van der Waals surface area contributed by atoms with Gasteiger partial charge in [-0.05, 0) is 18.9 Å². The summed E-state index contributed by atoms with van der Waals surface area (Å²) in [5.41, 5.74) is 1.42. The molecule has 28 heavy (non-hydrogen) atoms. The van der Waals surface area contributed by atoms with E-state index in [4.69, 9.17) is 9.47 Å². The molecule has 1 atom stereocenters. The molecule has 1 aromatic heterocycles. The van der Waals surface area contributed by atoms with Crippen LogP contribution in [0.4, 0.5) is 4.79 Å². The van der Waals surface area contributed by atoms with E-state index in [2.05, 4.69) is 10.4 Å². The van der Waals surface area contributed by atoms with Crippen molar-refractivity contribution in [1.82, 2.24) is 20.0 Å². The molecule has 1 amide bonds. The quantitative estimate of drug-likeness (QED) is 0.733. The van der Waals surface area contributed by atoms with E-state index in [1.807, 2.05) is 30.3 Å². The van der Waals surface area contributed by atoms with Crippen molar-refractivity contribution >= 4 is 12.1 Å². The predicted molar refractivity (Wildman–Crippen MR) is 103 cm³/mol. The summed E-state index contributed by atoms with van der Waals surface area (Å²) in [4.78, 5) is 25.8. The van der Waals surface area contributed by atoms with Crippen LogP contribution in [-0.4, -0.2) is 59.0 Å². The Labute approximate surface area is 164 Å². The number of aryl methyl sites for hydroxylation is 1. The zero-order valence-corrected chi connectivity index (χ0v) is 16.0. The zero-order chi connectivity index (χ0) is 19.8. The molecule has 0 unspecified atom stereocenters. The summed E-state index contributed by atoms with van der Waals surface area (Å²) in [6.07, 6.45) is 3.69. The minimum absolute atomic E-state index is 0.147. The fourth-order valence-electron chi connectivity index (χ4n) is 3.09. The molecule has 8 nitrogen and oxygen atoms in total. The van der Waals surface area contributed by atoms with Gasteiger partial charge in [-0.3, -0.25) is 4.68 Å². The summed E-state index contributed by atoms with van der Waals surface area (Å²) >= 11 is 0. The van der Waals surface area contributed by atoms with Crippen LogP contribution in [0.3, 0.4) is 0 Å². The second kappa shape index (κ2) is 9.89. The average molecular weight is 386 g/mol. The number of carbonyl (C=O) groups excluding carboxylic acids is 2. The van der Waals surface area contributed by atoms with E-state index in [1.54, 1.807) is 22.7 Å². The Morgan fingerprint density at radius 2 is 2.07 bits per heavy atom. The van der Waals surface area contributed by atoms with Gasteiger partial charge in [0.1, 0.15) is 6.61 Å². The Bertz CT molecular complexity index is 778. The van der Waals surface area contributed by atoms with Gasteiger partial charge in [-0.15, -0.1) is 0 Å². The number of amides is 1. The summed E-state index contributed by atoms with van der Waals surface area (Å²) in [5, 5.41) is 7.62. The number of aromatic nitrogens is 2. The maximum atomic E-state index is 12.3. The van der Waals surface area contributed by atoms with Crippen molar-refractivity contribution in [2.45, 2.75) is 32.5 Å². The van der Waals surface area contributed by atoms with Crippen LogP contribution < -0.4 is 5.32 Å². The molecule has 1 aromatic carbocycles. The number of nitrogens with one attached hydrogen (secondary N) is 1. The van der Waals surface area contributed by atoms with Crippen LogP contribution in [0.15, 0.2) is 42.7 Å². The molecule has 1 aliphatic heterocycles. The standard InChI is InChI=1S/C20H26N4O4/c1-2-27-19(25)17-12-22-24(13-17)10-8-18-14-23(11-9-21-18)20(26)28-15-16-6-4-3-5-7-16/h3-7,12-13,18,21H,2,8-11,14-15H2,1H3/t18-/m1/s1. The molecule has 2 aromatic rings. The summed E-state index contributed by atoms with van der Waals surface area (Å²) in [5.74, 6) is -0.364. The first-order chi connectivity index (χ1) is 13.7. The fraction of sp³-hybridized carbons (Fsp3) is 0.450. The Morgan fingerprint density at radius 1 is 1.25 bits per heavy atom. The van der Waals surface area contributed by atoms with Gasteiger partial charge in [0.2, 0.25) is 0 Å². The third-order valence-corrected chi connectivity index (χ3v) is 4.57. The maximum Gasteiger partial charge on any atom is 0.410 e. The van der Waals surface area contributed by atoms with Crippen molar-refractivity contribution in [1.29, 1.82) is 0 Å². The summed E-state index contributed by atoms with van der Waals surface area (Å²) in [6, 6.07) is 9.79. The van der Waals surface area contributed by atoms with Crippen molar-refractivity contribution in [3.8, 4) is 0 Å². The van der Waals surface area contributed by atoms with Crippen LogP contribution >= 0.6 is 0 Å². The Hall–Kier alpha value is -2.87. The SMILES string of the molecule is CCOC(=O)c1cnn(CC[C@@H]2CN(C(=O)OCc3ccccc3)CCN2)c1. The fourth-order valence-corrected chi connectivity index (χ4v) is 3.09. The molecule has 1 aliphatic rings. The number of carbonyl (C=O) groups is 2. The number of benzene rings is 1. The van der Waals surface area contributed by atoms with Crippen LogP contribution in [0.25, 0.3) is 0 Å². The number of ether oxygens (including phenoxy) is 2. The first kappa shape index (κ1) is 19.9. The minimum Gasteiger partial charge on any atom is -0.462 e. The minimum atomic E-state index is -0.364. The lowest BCUT2D eigenvalue weighted by Gasteiger charge is -2.33. The molecular formula is C20H26N4O4. The largest absolute Gasteiger partial charge is 0.462 e. The molecule has 0 saturated carbocycles. The van der Waals surface area contributed by atoms with Crippen LogP contribution in [0.1, 0.15) is 29.3 Å². The molecule has 1 fully saturated rings. The van der Waals surface area contributed by atoms with Crippen LogP contribution in [0, 0.1) is 0 Å². The van der Waals surface area contributed by atoms with E-state index in [0.717, 1.165) is 18.5 Å². The molecule has 2 heterocycles. The lowest BCUT2D eigenvalue weighted by Crippen LogP contribution is -2.52. The summed E-state index contributed by atoms with van der Waals surface area (Å²) in [7, 11) is 0. The zero-order valence-electron chi connectivity index (χ0n) is 16.0. The molecule has 3 rings (SSSR count). The van der Waals surface area contributed by atoms with E-state index in [9.17, 15) is 9.59 Å². The molecular weight excluding hydrogens is 360 g/mol. The molecule has 8 heteroatoms. The van der Waals surface area contributed by atoms with Crippen molar-refractivity contribution < 1.29 is 19.1 Å².